The van der Waals surface area contributed by atoms with Crippen molar-refractivity contribution in [2.24, 2.45) is 0 Å². The molecule has 0 amide bonds. The summed E-state index contributed by atoms with van der Waals surface area (Å²) in [4.78, 5) is 12.1. The monoisotopic (exact) mass is 431 g/mol. The van der Waals surface area contributed by atoms with Crippen molar-refractivity contribution >= 4 is 28.6 Å². The maximum Gasteiger partial charge on any atom is 0.416 e. The SMILES string of the molecule is COC(=O)C(C)(C)n1nnc2ccc(Oc3c(F)cc(C(F)(F)F)cc3Cl)cc21. The molecule has 154 valence electrons. The average molecular weight is 432 g/mol. The Morgan fingerprint density at radius 2 is 1.86 bits per heavy atom. The Morgan fingerprint density at radius 1 is 1.17 bits per heavy atom. The lowest BCUT2D eigenvalue weighted by molar-refractivity contribution is -0.149. The average Bonchev–Trinajstić information content (AvgIpc) is 3.07. The van der Waals surface area contributed by atoms with Gasteiger partial charge in [-0.3, -0.25) is 0 Å². The quantitative estimate of drug-likeness (QED) is 0.432. The second-order valence-corrected chi connectivity index (χ2v) is 6.98. The molecule has 0 aliphatic rings. The van der Waals surface area contributed by atoms with Crippen LogP contribution in [0.3, 0.4) is 0 Å². The third-order valence-corrected chi connectivity index (χ3v) is 4.46. The smallest absolute Gasteiger partial charge is 0.416 e. The summed E-state index contributed by atoms with van der Waals surface area (Å²) in [6.07, 6.45) is -4.75. The van der Waals surface area contributed by atoms with Crippen LogP contribution >= 0.6 is 11.6 Å². The third-order valence-electron chi connectivity index (χ3n) is 4.18. The van der Waals surface area contributed by atoms with Gasteiger partial charge in [0.05, 0.1) is 23.2 Å². The molecule has 0 bridgehead atoms. The Morgan fingerprint density at radius 3 is 2.45 bits per heavy atom. The van der Waals surface area contributed by atoms with Crippen LogP contribution in [0.1, 0.15) is 19.4 Å². The van der Waals surface area contributed by atoms with Crippen LogP contribution in [-0.4, -0.2) is 28.1 Å². The number of hydrogen-bond acceptors (Lipinski definition) is 5. The first kappa shape index (κ1) is 20.8. The normalized spacial score (nSPS) is 12.3. The molecular weight excluding hydrogens is 418 g/mol. The van der Waals surface area contributed by atoms with Crippen molar-refractivity contribution in [3.8, 4) is 11.5 Å². The van der Waals surface area contributed by atoms with Crippen molar-refractivity contribution in [3.05, 3.63) is 46.7 Å². The molecule has 0 spiro atoms. The molecule has 2 aromatic carbocycles. The molecule has 0 saturated carbocycles. The van der Waals surface area contributed by atoms with E-state index in [2.05, 4.69) is 10.3 Å². The van der Waals surface area contributed by atoms with Gasteiger partial charge in [-0.2, -0.15) is 13.2 Å². The summed E-state index contributed by atoms with van der Waals surface area (Å²) in [7, 11) is 1.23. The minimum absolute atomic E-state index is 0.0577. The van der Waals surface area contributed by atoms with Crippen molar-refractivity contribution in [1.29, 1.82) is 0 Å². The van der Waals surface area contributed by atoms with E-state index in [0.29, 0.717) is 23.2 Å². The second kappa shape index (κ2) is 7.18. The lowest BCUT2D eigenvalue weighted by atomic mass is 10.1. The van der Waals surface area contributed by atoms with Gasteiger partial charge in [-0.15, -0.1) is 5.10 Å². The molecular formula is C18H14ClF4N3O3. The zero-order chi connectivity index (χ0) is 21.6. The molecule has 1 aromatic heterocycles. The summed E-state index contributed by atoms with van der Waals surface area (Å²) in [6, 6.07) is 5.20. The lowest BCUT2D eigenvalue weighted by Crippen LogP contribution is -2.37. The number of nitrogens with zero attached hydrogens (tertiary/aromatic N) is 3. The van der Waals surface area contributed by atoms with Crippen LogP contribution in [0.2, 0.25) is 5.02 Å². The number of esters is 1. The molecule has 0 N–H and O–H groups in total. The Kier molecular flexibility index (Phi) is 5.16. The van der Waals surface area contributed by atoms with E-state index in [0.717, 1.165) is 0 Å². The number of rotatable bonds is 4. The van der Waals surface area contributed by atoms with Gasteiger partial charge >= 0.3 is 12.1 Å². The Balaban J connectivity index is 2.02. The van der Waals surface area contributed by atoms with E-state index in [4.69, 9.17) is 21.1 Å². The zero-order valence-corrected chi connectivity index (χ0v) is 16.1. The van der Waals surface area contributed by atoms with Crippen molar-refractivity contribution < 1.29 is 31.8 Å². The van der Waals surface area contributed by atoms with E-state index in [-0.39, 0.29) is 5.75 Å². The Bertz CT molecular complexity index is 1070. The number of halogens is 5. The zero-order valence-electron chi connectivity index (χ0n) is 15.3. The molecule has 0 unspecified atom stereocenters. The van der Waals surface area contributed by atoms with Gasteiger partial charge in [0.1, 0.15) is 11.3 Å². The van der Waals surface area contributed by atoms with Crippen molar-refractivity contribution in [2.75, 3.05) is 7.11 Å². The summed E-state index contributed by atoms with van der Waals surface area (Å²) in [5, 5.41) is 7.35. The number of fused-ring (bicyclic) bond motifs is 1. The van der Waals surface area contributed by atoms with Gasteiger partial charge in [0.25, 0.3) is 0 Å². The molecule has 0 aliphatic heterocycles. The van der Waals surface area contributed by atoms with Gasteiger partial charge in [-0.1, -0.05) is 16.8 Å². The van der Waals surface area contributed by atoms with E-state index < -0.39 is 39.8 Å². The number of aromatic nitrogens is 3. The molecule has 0 fully saturated rings. The van der Waals surface area contributed by atoms with E-state index in [1.54, 1.807) is 13.8 Å². The summed E-state index contributed by atoms with van der Waals surface area (Å²) >= 11 is 5.80. The van der Waals surface area contributed by atoms with Crippen LogP contribution in [0.4, 0.5) is 17.6 Å². The van der Waals surface area contributed by atoms with Crippen LogP contribution in [0.15, 0.2) is 30.3 Å². The fourth-order valence-corrected chi connectivity index (χ4v) is 2.90. The summed E-state index contributed by atoms with van der Waals surface area (Å²) in [5.41, 5.74) is -1.67. The molecule has 0 aliphatic carbocycles. The maximum absolute atomic E-state index is 14.2. The number of hydrogen-bond donors (Lipinski definition) is 0. The number of alkyl halides is 3. The van der Waals surface area contributed by atoms with Gasteiger partial charge in [-0.05, 0) is 38.1 Å². The number of methoxy groups -OCH3 is 1. The van der Waals surface area contributed by atoms with Gasteiger partial charge in [0, 0.05) is 6.07 Å². The van der Waals surface area contributed by atoms with Gasteiger partial charge in [-0.25, -0.2) is 13.9 Å². The lowest BCUT2D eigenvalue weighted by Gasteiger charge is -2.22. The molecule has 3 rings (SSSR count). The molecule has 1 heterocycles. The summed E-state index contributed by atoms with van der Waals surface area (Å²) < 4.78 is 64.0. The summed E-state index contributed by atoms with van der Waals surface area (Å²) in [6.45, 7) is 3.12. The third kappa shape index (κ3) is 3.84. The fourth-order valence-electron chi connectivity index (χ4n) is 2.65. The molecule has 0 radical (unpaired) electrons. The maximum atomic E-state index is 14.2. The van der Waals surface area contributed by atoms with Crippen LogP contribution in [0.25, 0.3) is 11.0 Å². The van der Waals surface area contributed by atoms with E-state index in [9.17, 15) is 22.4 Å². The summed E-state index contributed by atoms with van der Waals surface area (Å²) in [5.74, 6) is -2.36. The van der Waals surface area contributed by atoms with Gasteiger partial charge < -0.3 is 9.47 Å². The van der Waals surface area contributed by atoms with Gasteiger partial charge in [0.2, 0.25) is 0 Å². The second-order valence-electron chi connectivity index (χ2n) is 6.57. The largest absolute Gasteiger partial charge is 0.467 e. The number of carbonyl (C=O) groups excluding carboxylic acids is 1. The molecule has 11 heteroatoms. The van der Waals surface area contributed by atoms with Crippen molar-refractivity contribution in [2.45, 2.75) is 25.6 Å². The fraction of sp³-hybridized carbons (Fsp3) is 0.278. The number of ether oxygens (including phenoxy) is 2. The van der Waals surface area contributed by atoms with E-state index >= 15 is 0 Å². The highest BCUT2D eigenvalue weighted by Crippen LogP contribution is 2.39. The van der Waals surface area contributed by atoms with E-state index in [1.165, 1.54) is 30.0 Å². The predicted octanol–water partition coefficient (Wildman–Crippen LogP) is 4.94. The highest BCUT2D eigenvalue weighted by molar-refractivity contribution is 6.32. The molecule has 6 nitrogen and oxygen atoms in total. The molecule has 29 heavy (non-hydrogen) atoms. The van der Waals surface area contributed by atoms with Crippen LogP contribution in [0.5, 0.6) is 11.5 Å². The van der Waals surface area contributed by atoms with Crippen molar-refractivity contribution in [1.82, 2.24) is 15.0 Å². The first-order valence-corrected chi connectivity index (χ1v) is 8.51. The first-order chi connectivity index (χ1) is 13.4. The Hall–Kier alpha value is -2.88. The van der Waals surface area contributed by atoms with Crippen molar-refractivity contribution in [3.63, 3.8) is 0 Å². The van der Waals surface area contributed by atoms with Crippen LogP contribution < -0.4 is 4.74 Å². The standard InChI is InChI=1S/C18H14ClF4N3O3/c1-17(2,16(27)28-3)26-14-8-10(4-5-13(14)24-25-26)29-15-11(19)6-9(7-12(15)20)18(21,22)23/h4-8H,1-3H3. The number of carbonyl (C=O) groups is 1. The Labute approximate surface area is 167 Å². The first-order valence-electron chi connectivity index (χ1n) is 8.13. The minimum atomic E-state index is -4.75. The van der Waals surface area contributed by atoms with E-state index in [1.807, 2.05) is 0 Å². The predicted molar refractivity (Wildman–Crippen MR) is 95.4 cm³/mol. The molecule has 0 atom stereocenters. The van der Waals surface area contributed by atoms with Crippen LogP contribution in [-0.2, 0) is 21.2 Å². The molecule has 0 saturated heterocycles. The minimum Gasteiger partial charge on any atom is -0.467 e. The highest BCUT2D eigenvalue weighted by atomic mass is 35.5. The molecule has 3 aromatic rings. The number of benzene rings is 2. The topological polar surface area (TPSA) is 66.2 Å². The van der Waals surface area contributed by atoms with Gasteiger partial charge in [0.15, 0.2) is 17.1 Å². The highest BCUT2D eigenvalue weighted by Gasteiger charge is 2.34. The van der Waals surface area contributed by atoms with Crippen LogP contribution in [0, 0.1) is 5.82 Å².